The number of hydrogen-bond donors (Lipinski definition) is 2. The van der Waals surface area contributed by atoms with Gasteiger partial charge in [-0.15, -0.1) is 0 Å². The van der Waals surface area contributed by atoms with Crippen LogP contribution in [0.5, 0.6) is 11.5 Å². The molecule has 0 spiro atoms. The fourth-order valence-corrected chi connectivity index (χ4v) is 4.03. The van der Waals surface area contributed by atoms with E-state index in [4.69, 9.17) is 23.9 Å². The number of ether oxygens (including phenoxy) is 4. The van der Waals surface area contributed by atoms with Gasteiger partial charge in [0.1, 0.15) is 0 Å². The number of benzene rings is 1. The summed E-state index contributed by atoms with van der Waals surface area (Å²) >= 11 is 0. The first-order chi connectivity index (χ1) is 15.3. The Kier molecular flexibility index (Phi) is 10.3. The highest BCUT2D eigenvalue weighted by Gasteiger charge is 2.20. The van der Waals surface area contributed by atoms with Crippen LogP contribution in [-0.4, -0.2) is 58.2 Å². The Labute approximate surface area is 186 Å². The Balaban J connectivity index is 1.51. The van der Waals surface area contributed by atoms with Crippen molar-refractivity contribution in [3.63, 3.8) is 0 Å². The van der Waals surface area contributed by atoms with Crippen molar-refractivity contribution in [2.75, 3.05) is 40.0 Å². The summed E-state index contributed by atoms with van der Waals surface area (Å²) < 4.78 is 23.2. The molecule has 3 rings (SSSR count). The van der Waals surface area contributed by atoms with Crippen LogP contribution in [0.2, 0.25) is 0 Å². The maximum Gasteiger partial charge on any atom is 0.191 e. The van der Waals surface area contributed by atoms with Crippen molar-refractivity contribution in [3.8, 4) is 11.5 Å². The summed E-state index contributed by atoms with van der Waals surface area (Å²) in [5, 5.41) is 6.74. The summed E-state index contributed by atoms with van der Waals surface area (Å²) in [7, 11) is 1.69. The maximum absolute atomic E-state index is 6.33. The molecule has 2 N–H and O–H groups in total. The van der Waals surface area contributed by atoms with Crippen molar-refractivity contribution in [1.82, 2.24) is 10.6 Å². The Hall–Kier alpha value is -1.99. The lowest BCUT2D eigenvalue weighted by Crippen LogP contribution is -2.38. The Bertz CT molecular complexity index is 671. The highest BCUT2D eigenvalue weighted by Crippen LogP contribution is 2.35. The molecule has 0 bridgehead atoms. The molecule has 0 atom stereocenters. The topological polar surface area (TPSA) is 73.3 Å². The second kappa shape index (κ2) is 13.4. The van der Waals surface area contributed by atoms with Crippen molar-refractivity contribution in [1.29, 1.82) is 0 Å². The number of para-hydroxylation sites is 1. The molecule has 1 saturated carbocycles. The minimum Gasteiger partial charge on any atom is -0.493 e. The molecule has 31 heavy (non-hydrogen) atoms. The standard InChI is InChI=1S/C24H39N3O4/c1-3-25-24(26-14-7-15-30-20-12-16-29-17-13-20)27-18-19-8-6-11-22(28-2)23(19)31-21-9-4-5-10-21/h6,8,11,20-21H,3-5,7,9-10,12-18H2,1-2H3,(H2,25,26,27). The normalized spacial score (nSPS) is 18.2. The fourth-order valence-electron chi connectivity index (χ4n) is 4.03. The monoisotopic (exact) mass is 433 g/mol. The molecule has 1 aliphatic heterocycles. The molecule has 2 fully saturated rings. The van der Waals surface area contributed by atoms with Crippen LogP contribution in [0, 0.1) is 0 Å². The van der Waals surface area contributed by atoms with E-state index in [0.29, 0.717) is 12.6 Å². The van der Waals surface area contributed by atoms with Gasteiger partial charge in [0, 0.05) is 38.5 Å². The molecule has 174 valence electrons. The third-order valence-electron chi connectivity index (χ3n) is 5.75. The lowest BCUT2D eigenvalue weighted by Gasteiger charge is -2.22. The smallest absolute Gasteiger partial charge is 0.191 e. The van der Waals surface area contributed by atoms with Crippen LogP contribution in [0.25, 0.3) is 0 Å². The van der Waals surface area contributed by atoms with E-state index >= 15 is 0 Å². The van der Waals surface area contributed by atoms with Gasteiger partial charge in [0.2, 0.25) is 0 Å². The molecular formula is C24H39N3O4. The van der Waals surface area contributed by atoms with E-state index in [2.05, 4.69) is 23.6 Å². The largest absolute Gasteiger partial charge is 0.493 e. The molecule has 0 radical (unpaired) electrons. The maximum atomic E-state index is 6.33. The molecule has 7 nitrogen and oxygen atoms in total. The van der Waals surface area contributed by atoms with E-state index in [1.54, 1.807) is 7.11 Å². The second-order valence-electron chi connectivity index (χ2n) is 8.13. The van der Waals surface area contributed by atoms with Crippen LogP contribution in [0.3, 0.4) is 0 Å². The SMILES string of the molecule is CCNC(=NCc1cccc(OC)c1OC1CCCC1)NCCCOC1CCOCC1. The zero-order valence-corrected chi connectivity index (χ0v) is 19.2. The molecule has 7 heteroatoms. The van der Waals surface area contributed by atoms with Gasteiger partial charge in [-0.2, -0.15) is 0 Å². The van der Waals surface area contributed by atoms with Crippen LogP contribution < -0.4 is 20.1 Å². The van der Waals surface area contributed by atoms with E-state index in [1.165, 1.54) is 12.8 Å². The van der Waals surface area contributed by atoms with Crippen LogP contribution in [0.15, 0.2) is 23.2 Å². The van der Waals surface area contributed by atoms with E-state index in [1.807, 2.05) is 12.1 Å². The number of nitrogens with one attached hydrogen (secondary N) is 2. The highest BCUT2D eigenvalue weighted by molar-refractivity contribution is 5.79. The Morgan fingerprint density at radius 1 is 1.10 bits per heavy atom. The number of rotatable bonds is 11. The zero-order valence-electron chi connectivity index (χ0n) is 19.2. The van der Waals surface area contributed by atoms with Gasteiger partial charge < -0.3 is 29.6 Å². The summed E-state index contributed by atoms with van der Waals surface area (Å²) in [6.07, 6.45) is 8.27. The van der Waals surface area contributed by atoms with Gasteiger partial charge in [-0.25, -0.2) is 4.99 Å². The van der Waals surface area contributed by atoms with Crippen molar-refractivity contribution in [3.05, 3.63) is 23.8 Å². The number of methoxy groups -OCH3 is 1. The molecule has 0 aromatic heterocycles. The van der Waals surface area contributed by atoms with E-state index < -0.39 is 0 Å². The fraction of sp³-hybridized carbons (Fsp3) is 0.708. The molecule has 0 amide bonds. The lowest BCUT2D eigenvalue weighted by atomic mass is 10.1. The molecule has 1 aromatic carbocycles. The van der Waals surface area contributed by atoms with Gasteiger partial charge in [-0.1, -0.05) is 12.1 Å². The average molecular weight is 434 g/mol. The van der Waals surface area contributed by atoms with Crippen molar-refractivity contribution in [2.45, 2.75) is 70.6 Å². The van der Waals surface area contributed by atoms with Gasteiger partial charge in [-0.05, 0) is 57.9 Å². The molecule has 1 saturated heterocycles. The Morgan fingerprint density at radius 3 is 2.65 bits per heavy atom. The highest BCUT2D eigenvalue weighted by atomic mass is 16.5. The summed E-state index contributed by atoms with van der Waals surface area (Å²) in [6, 6.07) is 6.03. The van der Waals surface area contributed by atoms with Crippen LogP contribution in [-0.2, 0) is 16.0 Å². The molecule has 1 aromatic rings. The third-order valence-corrected chi connectivity index (χ3v) is 5.75. The van der Waals surface area contributed by atoms with Crippen molar-refractivity contribution < 1.29 is 18.9 Å². The average Bonchev–Trinajstić information content (AvgIpc) is 3.31. The molecule has 1 aliphatic carbocycles. The van der Waals surface area contributed by atoms with E-state index in [9.17, 15) is 0 Å². The molecule has 0 unspecified atom stereocenters. The summed E-state index contributed by atoms with van der Waals surface area (Å²) in [4.78, 5) is 4.78. The van der Waals surface area contributed by atoms with Gasteiger partial charge in [-0.3, -0.25) is 0 Å². The minimum atomic E-state index is 0.279. The molecule has 1 heterocycles. The first-order valence-electron chi connectivity index (χ1n) is 11.8. The predicted molar refractivity (Wildman–Crippen MR) is 123 cm³/mol. The van der Waals surface area contributed by atoms with Crippen molar-refractivity contribution >= 4 is 5.96 Å². The number of nitrogens with zero attached hydrogens (tertiary/aromatic N) is 1. The van der Waals surface area contributed by atoms with Crippen LogP contribution in [0.4, 0.5) is 0 Å². The van der Waals surface area contributed by atoms with Gasteiger partial charge in [0.25, 0.3) is 0 Å². The number of hydrogen-bond acceptors (Lipinski definition) is 5. The van der Waals surface area contributed by atoms with Gasteiger partial charge in [0.15, 0.2) is 17.5 Å². The van der Waals surface area contributed by atoms with E-state index in [0.717, 1.165) is 88.0 Å². The molecule has 2 aliphatic rings. The van der Waals surface area contributed by atoms with Crippen molar-refractivity contribution in [2.24, 2.45) is 4.99 Å². The lowest BCUT2D eigenvalue weighted by molar-refractivity contribution is -0.0320. The van der Waals surface area contributed by atoms with Gasteiger partial charge >= 0.3 is 0 Å². The first-order valence-corrected chi connectivity index (χ1v) is 11.8. The van der Waals surface area contributed by atoms with Crippen LogP contribution >= 0.6 is 0 Å². The summed E-state index contributed by atoms with van der Waals surface area (Å²) in [5.74, 6) is 2.42. The second-order valence-corrected chi connectivity index (χ2v) is 8.13. The number of aliphatic imine (C=N–C) groups is 1. The van der Waals surface area contributed by atoms with Crippen LogP contribution in [0.1, 0.15) is 57.4 Å². The summed E-state index contributed by atoms with van der Waals surface area (Å²) in [5.41, 5.74) is 1.05. The molecular weight excluding hydrogens is 394 g/mol. The first kappa shape index (κ1) is 23.7. The Morgan fingerprint density at radius 2 is 1.90 bits per heavy atom. The third kappa shape index (κ3) is 7.89. The quantitative estimate of drug-likeness (QED) is 0.315. The predicted octanol–water partition coefficient (Wildman–Crippen LogP) is 3.66. The summed E-state index contributed by atoms with van der Waals surface area (Å²) in [6.45, 7) is 6.63. The number of guanidine groups is 1. The zero-order chi connectivity index (χ0) is 21.7. The van der Waals surface area contributed by atoms with Gasteiger partial charge in [0.05, 0.1) is 25.9 Å². The minimum absolute atomic E-state index is 0.279. The van der Waals surface area contributed by atoms with E-state index in [-0.39, 0.29) is 6.10 Å².